The number of rotatable bonds is 2. The molecule has 0 spiro atoms. The average Bonchev–Trinajstić information content (AvgIpc) is 2.60. The van der Waals surface area contributed by atoms with Crippen LogP contribution in [0.15, 0.2) is 11.6 Å². The first-order valence-corrected chi connectivity index (χ1v) is 5.88. The maximum atomic E-state index is 12.1. The van der Waals surface area contributed by atoms with Gasteiger partial charge < -0.3 is 4.74 Å². The van der Waals surface area contributed by atoms with E-state index in [-0.39, 0.29) is 18.2 Å². The van der Waals surface area contributed by atoms with E-state index in [0.29, 0.717) is 0 Å². The Labute approximate surface area is 106 Å². The molecule has 3 nitrogen and oxygen atoms in total. The van der Waals surface area contributed by atoms with Crippen LogP contribution >= 0.6 is 0 Å². The zero-order chi connectivity index (χ0) is 13.4. The Morgan fingerprint density at radius 3 is 2.56 bits per heavy atom. The van der Waals surface area contributed by atoms with Crippen molar-refractivity contribution < 1.29 is 14.3 Å². The van der Waals surface area contributed by atoms with Gasteiger partial charge in [0.1, 0.15) is 0 Å². The highest BCUT2D eigenvalue weighted by atomic mass is 16.5. The second-order valence-electron chi connectivity index (χ2n) is 4.67. The Balaban J connectivity index is 2.55. The summed E-state index contributed by atoms with van der Waals surface area (Å²) in [6.07, 6.45) is 2.12. The predicted molar refractivity (Wildman–Crippen MR) is 69.6 cm³/mol. The third-order valence-electron chi connectivity index (χ3n) is 3.47. The highest BCUT2D eigenvalue weighted by Gasteiger charge is 2.24. The van der Waals surface area contributed by atoms with Crippen molar-refractivity contribution in [1.82, 2.24) is 0 Å². The van der Waals surface area contributed by atoms with Gasteiger partial charge in [-0.3, -0.25) is 9.59 Å². The van der Waals surface area contributed by atoms with Gasteiger partial charge in [0, 0.05) is 5.56 Å². The number of allylic oxidation sites excluding steroid dienone is 1. The van der Waals surface area contributed by atoms with Crippen LogP contribution in [0.2, 0.25) is 0 Å². The first kappa shape index (κ1) is 12.6. The third kappa shape index (κ3) is 1.86. The largest absolute Gasteiger partial charge is 0.469 e. The van der Waals surface area contributed by atoms with E-state index in [1.54, 1.807) is 0 Å². The lowest BCUT2D eigenvalue weighted by molar-refractivity contribution is -0.139. The van der Waals surface area contributed by atoms with Gasteiger partial charge in [0.15, 0.2) is 5.78 Å². The second-order valence-corrected chi connectivity index (χ2v) is 4.67. The van der Waals surface area contributed by atoms with Crippen LogP contribution in [0.25, 0.3) is 6.08 Å². The maximum absolute atomic E-state index is 12.1. The van der Waals surface area contributed by atoms with Crippen LogP contribution in [0.4, 0.5) is 0 Å². The highest BCUT2D eigenvalue weighted by molar-refractivity contribution is 6.18. The molecule has 0 bridgehead atoms. The standard InChI is InChI=1S/C15H16O3/c1-8-5-11-6-9(2)15(17)14(11)10(3)12(8)7-13(16)18-4/h5-6H,7H2,1-4H3. The summed E-state index contributed by atoms with van der Waals surface area (Å²) in [4.78, 5) is 23.5. The summed E-state index contributed by atoms with van der Waals surface area (Å²) < 4.78 is 4.69. The van der Waals surface area contributed by atoms with Gasteiger partial charge in [-0.25, -0.2) is 0 Å². The Kier molecular flexibility index (Phi) is 3.07. The molecular formula is C15H16O3. The van der Waals surface area contributed by atoms with Crippen molar-refractivity contribution in [2.75, 3.05) is 7.11 Å². The van der Waals surface area contributed by atoms with Crippen molar-refractivity contribution in [1.29, 1.82) is 0 Å². The highest BCUT2D eigenvalue weighted by Crippen LogP contribution is 2.31. The Bertz CT molecular complexity index is 580. The molecule has 0 radical (unpaired) electrons. The van der Waals surface area contributed by atoms with Crippen molar-refractivity contribution in [3.05, 3.63) is 39.5 Å². The number of carbonyl (C=O) groups is 2. The Hall–Kier alpha value is -1.90. The number of fused-ring (bicyclic) bond motifs is 1. The fourth-order valence-corrected chi connectivity index (χ4v) is 2.46. The number of methoxy groups -OCH3 is 1. The molecule has 1 aromatic rings. The van der Waals surface area contributed by atoms with Crippen LogP contribution in [0.1, 0.15) is 39.5 Å². The lowest BCUT2D eigenvalue weighted by atomic mass is 9.91. The normalized spacial score (nSPS) is 13.3. The van der Waals surface area contributed by atoms with Gasteiger partial charge in [-0.15, -0.1) is 0 Å². The molecule has 0 heterocycles. The average molecular weight is 244 g/mol. The van der Waals surface area contributed by atoms with E-state index in [4.69, 9.17) is 4.74 Å². The monoisotopic (exact) mass is 244 g/mol. The van der Waals surface area contributed by atoms with Crippen molar-refractivity contribution >= 4 is 17.8 Å². The topological polar surface area (TPSA) is 43.4 Å². The number of carbonyl (C=O) groups excluding carboxylic acids is 2. The third-order valence-corrected chi connectivity index (χ3v) is 3.47. The fourth-order valence-electron chi connectivity index (χ4n) is 2.46. The van der Waals surface area contributed by atoms with Gasteiger partial charge in [0.05, 0.1) is 13.5 Å². The number of Topliss-reactive ketones (excluding diaryl/α,β-unsaturated/α-hetero) is 1. The molecule has 0 aromatic heterocycles. The SMILES string of the molecule is COC(=O)Cc1c(C)cc2c(c1C)C(=O)C(C)=C2. The smallest absolute Gasteiger partial charge is 0.309 e. The van der Waals surface area contributed by atoms with Crippen LogP contribution in [0, 0.1) is 13.8 Å². The Morgan fingerprint density at radius 1 is 1.28 bits per heavy atom. The van der Waals surface area contributed by atoms with Crippen LogP contribution in [-0.2, 0) is 16.0 Å². The van der Waals surface area contributed by atoms with Crippen LogP contribution in [0.3, 0.4) is 0 Å². The predicted octanol–water partition coefficient (Wildman–Crippen LogP) is 2.62. The molecule has 1 aromatic carbocycles. The number of esters is 1. The molecule has 0 saturated heterocycles. The molecule has 0 atom stereocenters. The minimum Gasteiger partial charge on any atom is -0.469 e. The zero-order valence-electron chi connectivity index (χ0n) is 11.1. The number of benzene rings is 1. The summed E-state index contributed by atoms with van der Waals surface area (Å²) in [7, 11) is 1.37. The maximum Gasteiger partial charge on any atom is 0.309 e. The van der Waals surface area contributed by atoms with E-state index < -0.39 is 0 Å². The molecule has 1 aliphatic rings. The second kappa shape index (κ2) is 4.41. The molecule has 0 aliphatic heterocycles. The summed E-state index contributed by atoms with van der Waals surface area (Å²) >= 11 is 0. The Morgan fingerprint density at radius 2 is 1.94 bits per heavy atom. The number of ether oxygens (including phenoxy) is 1. The van der Waals surface area contributed by atoms with Gasteiger partial charge in [0.25, 0.3) is 0 Å². The summed E-state index contributed by atoms with van der Waals surface area (Å²) in [5, 5.41) is 0. The molecule has 1 aliphatic carbocycles. The van der Waals surface area contributed by atoms with Crippen molar-refractivity contribution in [2.45, 2.75) is 27.2 Å². The lowest BCUT2D eigenvalue weighted by Crippen LogP contribution is -2.10. The molecule has 18 heavy (non-hydrogen) atoms. The van der Waals surface area contributed by atoms with Crippen molar-refractivity contribution in [3.63, 3.8) is 0 Å². The summed E-state index contributed by atoms with van der Waals surface area (Å²) in [5.41, 5.74) is 5.27. The van der Waals surface area contributed by atoms with Gasteiger partial charge >= 0.3 is 5.97 Å². The lowest BCUT2D eigenvalue weighted by Gasteiger charge is -2.13. The summed E-state index contributed by atoms with van der Waals surface area (Å²) in [5.74, 6) is -0.218. The van der Waals surface area contributed by atoms with E-state index in [0.717, 1.165) is 33.4 Å². The van der Waals surface area contributed by atoms with E-state index >= 15 is 0 Å². The van der Waals surface area contributed by atoms with Gasteiger partial charge in [-0.1, -0.05) is 6.07 Å². The first-order chi connectivity index (χ1) is 8.45. The van der Waals surface area contributed by atoms with E-state index in [2.05, 4.69) is 0 Å². The molecule has 0 fully saturated rings. The molecule has 0 unspecified atom stereocenters. The van der Waals surface area contributed by atoms with Crippen LogP contribution in [-0.4, -0.2) is 18.9 Å². The summed E-state index contributed by atoms with van der Waals surface area (Å²) in [6, 6.07) is 1.97. The van der Waals surface area contributed by atoms with E-state index in [1.807, 2.05) is 32.9 Å². The number of hydrogen-bond donors (Lipinski definition) is 0. The van der Waals surface area contributed by atoms with Crippen molar-refractivity contribution in [3.8, 4) is 0 Å². The molecule has 0 amide bonds. The van der Waals surface area contributed by atoms with Gasteiger partial charge in [-0.2, -0.15) is 0 Å². The van der Waals surface area contributed by atoms with Crippen molar-refractivity contribution in [2.24, 2.45) is 0 Å². The number of aryl methyl sites for hydroxylation is 1. The molecular weight excluding hydrogens is 228 g/mol. The quantitative estimate of drug-likeness (QED) is 0.751. The minimum atomic E-state index is -0.281. The van der Waals surface area contributed by atoms with Crippen LogP contribution < -0.4 is 0 Å². The zero-order valence-corrected chi connectivity index (χ0v) is 11.1. The summed E-state index contributed by atoms with van der Waals surface area (Å²) in [6.45, 7) is 5.67. The fraction of sp³-hybridized carbons (Fsp3) is 0.333. The minimum absolute atomic E-state index is 0.0635. The van der Waals surface area contributed by atoms with E-state index in [1.165, 1.54) is 7.11 Å². The molecule has 0 saturated carbocycles. The molecule has 94 valence electrons. The van der Waals surface area contributed by atoms with Gasteiger partial charge in [0.2, 0.25) is 0 Å². The molecule has 3 heteroatoms. The number of ketones is 1. The number of hydrogen-bond acceptors (Lipinski definition) is 3. The molecule has 0 N–H and O–H groups in total. The van der Waals surface area contributed by atoms with Gasteiger partial charge in [-0.05, 0) is 54.7 Å². The molecule has 2 rings (SSSR count). The van der Waals surface area contributed by atoms with E-state index in [9.17, 15) is 9.59 Å². The first-order valence-electron chi connectivity index (χ1n) is 5.88. The van der Waals surface area contributed by atoms with Crippen LogP contribution in [0.5, 0.6) is 0 Å².